The Labute approximate surface area is 100 Å². The van der Waals surface area contributed by atoms with E-state index in [4.69, 9.17) is 22.1 Å². The minimum atomic E-state index is 0.152. The van der Waals surface area contributed by atoms with Crippen molar-refractivity contribution in [3.05, 3.63) is 5.02 Å². The third-order valence-electron chi connectivity index (χ3n) is 1.80. The first-order chi connectivity index (χ1) is 7.54. The summed E-state index contributed by atoms with van der Waals surface area (Å²) < 4.78 is 5.26. The van der Waals surface area contributed by atoms with Crippen LogP contribution in [0.1, 0.15) is 20.8 Å². The van der Waals surface area contributed by atoms with Crippen LogP contribution < -0.4 is 15.8 Å². The van der Waals surface area contributed by atoms with Gasteiger partial charge < -0.3 is 15.8 Å². The maximum absolute atomic E-state index is 6.07. The summed E-state index contributed by atoms with van der Waals surface area (Å²) in [4.78, 5) is 7.95. The molecular formula is C10H17ClN4O. The van der Waals surface area contributed by atoms with Gasteiger partial charge in [-0.2, -0.15) is 9.97 Å². The summed E-state index contributed by atoms with van der Waals surface area (Å²) in [6.45, 7) is 7.29. The van der Waals surface area contributed by atoms with E-state index < -0.39 is 0 Å². The Morgan fingerprint density at radius 3 is 2.69 bits per heavy atom. The molecule has 0 aliphatic carbocycles. The lowest BCUT2D eigenvalue weighted by atomic mass is 10.2. The van der Waals surface area contributed by atoms with Crippen LogP contribution in [0.25, 0.3) is 0 Å². The minimum Gasteiger partial charge on any atom is -0.477 e. The van der Waals surface area contributed by atoms with Crippen LogP contribution in [0, 0.1) is 5.92 Å². The molecule has 1 aromatic heterocycles. The van der Waals surface area contributed by atoms with Gasteiger partial charge in [0, 0.05) is 6.54 Å². The number of nitrogens with one attached hydrogen (secondary N) is 1. The highest BCUT2D eigenvalue weighted by molar-refractivity contribution is 6.34. The van der Waals surface area contributed by atoms with Crippen molar-refractivity contribution < 1.29 is 4.74 Å². The maximum atomic E-state index is 6.07. The molecule has 6 heteroatoms. The van der Waals surface area contributed by atoms with Crippen LogP contribution in [0.5, 0.6) is 5.88 Å². The number of hydrogen-bond acceptors (Lipinski definition) is 5. The van der Waals surface area contributed by atoms with Gasteiger partial charge in [0.1, 0.15) is 5.02 Å². The summed E-state index contributed by atoms with van der Waals surface area (Å²) in [6.07, 6.45) is 0. The predicted molar refractivity (Wildman–Crippen MR) is 66.0 cm³/mol. The zero-order valence-electron chi connectivity index (χ0n) is 9.75. The largest absolute Gasteiger partial charge is 0.477 e. The van der Waals surface area contributed by atoms with E-state index in [2.05, 4.69) is 29.1 Å². The van der Waals surface area contributed by atoms with Crippen molar-refractivity contribution in [1.82, 2.24) is 9.97 Å². The number of ether oxygens (including phenoxy) is 1. The highest BCUT2D eigenvalue weighted by Crippen LogP contribution is 2.29. The Morgan fingerprint density at radius 1 is 1.44 bits per heavy atom. The lowest BCUT2D eigenvalue weighted by Gasteiger charge is -2.12. The molecule has 0 saturated heterocycles. The summed E-state index contributed by atoms with van der Waals surface area (Å²) in [6, 6.07) is 0. The first-order valence-corrected chi connectivity index (χ1v) is 5.62. The number of aromatic nitrogens is 2. The minimum absolute atomic E-state index is 0.152. The molecule has 1 heterocycles. The summed E-state index contributed by atoms with van der Waals surface area (Å²) in [5, 5.41) is 3.48. The fraction of sp³-hybridized carbons (Fsp3) is 0.600. The van der Waals surface area contributed by atoms with E-state index in [-0.39, 0.29) is 5.95 Å². The smallest absolute Gasteiger partial charge is 0.239 e. The predicted octanol–water partition coefficient (Wildman–Crippen LogP) is 2.18. The highest BCUT2D eigenvalue weighted by Gasteiger charge is 2.12. The zero-order chi connectivity index (χ0) is 12.1. The Balaban J connectivity index is 2.90. The van der Waals surface area contributed by atoms with Crippen molar-refractivity contribution in [3.8, 4) is 5.88 Å². The van der Waals surface area contributed by atoms with Gasteiger partial charge in [0.25, 0.3) is 0 Å². The normalized spacial score (nSPS) is 10.6. The average Bonchev–Trinajstić information content (AvgIpc) is 2.21. The van der Waals surface area contributed by atoms with Crippen LogP contribution in [-0.2, 0) is 0 Å². The molecule has 0 unspecified atom stereocenters. The molecule has 16 heavy (non-hydrogen) atoms. The van der Waals surface area contributed by atoms with Gasteiger partial charge >= 0.3 is 0 Å². The van der Waals surface area contributed by atoms with Crippen LogP contribution in [0.3, 0.4) is 0 Å². The van der Waals surface area contributed by atoms with Gasteiger partial charge in [-0.25, -0.2) is 0 Å². The molecule has 0 atom stereocenters. The van der Waals surface area contributed by atoms with Gasteiger partial charge in [-0.1, -0.05) is 25.4 Å². The number of anilines is 2. The molecule has 0 aromatic carbocycles. The summed E-state index contributed by atoms with van der Waals surface area (Å²) >= 11 is 6.07. The van der Waals surface area contributed by atoms with Gasteiger partial charge in [-0.3, -0.25) is 0 Å². The quantitative estimate of drug-likeness (QED) is 0.831. The van der Waals surface area contributed by atoms with Crippen molar-refractivity contribution >= 4 is 23.4 Å². The SMILES string of the molecule is CCOc1nc(N)nc(NCC(C)C)c1Cl. The molecule has 1 rings (SSSR count). The average molecular weight is 245 g/mol. The number of rotatable bonds is 5. The van der Waals surface area contributed by atoms with Crippen LogP contribution >= 0.6 is 11.6 Å². The molecule has 0 radical (unpaired) electrons. The molecule has 0 aliphatic rings. The molecule has 0 spiro atoms. The van der Waals surface area contributed by atoms with Crippen molar-refractivity contribution in [2.24, 2.45) is 5.92 Å². The maximum Gasteiger partial charge on any atom is 0.239 e. The van der Waals surface area contributed by atoms with E-state index in [0.717, 1.165) is 6.54 Å². The highest BCUT2D eigenvalue weighted by atomic mass is 35.5. The van der Waals surface area contributed by atoms with Gasteiger partial charge in [0.15, 0.2) is 5.82 Å². The standard InChI is InChI=1S/C10H17ClN4O/c1-4-16-9-7(11)8(13-5-6(2)3)14-10(12)15-9/h6H,4-5H2,1-3H3,(H3,12,13,14,15). The van der Waals surface area contributed by atoms with E-state index in [1.54, 1.807) is 0 Å². The van der Waals surface area contributed by atoms with Crippen LogP contribution in [0.2, 0.25) is 5.02 Å². The van der Waals surface area contributed by atoms with E-state index in [1.165, 1.54) is 0 Å². The third kappa shape index (κ3) is 3.41. The second-order valence-corrected chi connectivity index (χ2v) is 4.14. The van der Waals surface area contributed by atoms with E-state index >= 15 is 0 Å². The molecule has 0 aliphatic heterocycles. The Bertz CT molecular complexity index is 357. The number of nitrogens with two attached hydrogens (primary N) is 1. The van der Waals surface area contributed by atoms with Crippen molar-refractivity contribution in [2.75, 3.05) is 24.2 Å². The van der Waals surface area contributed by atoms with Gasteiger partial charge in [-0.15, -0.1) is 0 Å². The second-order valence-electron chi connectivity index (χ2n) is 3.76. The molecule has 3 N–H and O–H groups in total. The van der Waals surface area contributed by atoms with Gasteiger partial charge in [-0.05, 0) is 12.8 Å². The number of nitrogens with zero attached hydrogens (tertiary/aromatic N) is 2. The third-order valence-corrected chi connectivity index (χ3v) is 2.14. The molecular weight excluding hydrogens is 228 g/mol. The fourth-order valence-corrected chi connectivity index (χ4v) is 1.30. The van der Waals surface area contributed by atoms with Crippen molar-refractivity contribution in [1.29, 1.82) is 0 Å². The number of halogens is 1. The molecule has 5 nitrogen and oxygen atoms in total. The zero-order valence-corrected chi connectivity index (χ0v) is 10.5. The van der Waals surface area contributed by atoms with Crippen molar-refractivity contribution in [3.63, 3.8) is 0 Å². The van der Waals surface area contributed by atoms with Gasteiger partial charge in [0.2, 0.25) is 11.8 Å². The Kier molecular flexibility index (Phi) is 4.61. The molecule has 0 amide bonds. The fourth-order valence-electron chi connectivity index (χ4n) is 1.09. The number of hydrogen-bond donors (Lipinski definition) is 2. The lowest BCUT2D eigenvalue weighted by molar-refractivity contribution is 0.327. The van der Waals surface area contributed by atoms with Crippen molar-refractivity contribution in [2.45, 2.75) is 20.8 Å². The molecule has 0 bridgehead atoms. The topological polar surface area (TPSA) is 73.1 Å². The second kappa shape index (κ2) is 5.75. The first-order valence-electron chi connectivity index (χ1n) is 5.24. The van der Waals surface area contributed by atoms with Crippen LogP contribution in [-0.4, -0.2) is 23.1 Å². The molecule has 90 valence electrons. The van der Waals surface area contributed by atoms with Crippen LogP contribution in [0.4, 0.5) is 11.8 Å². The van der Waals surface area contributed by atoms with Gasteiger partial charge in [0.05, 0.1) is 6.61 Å². The van der Waals surface area contributed by atoms with Crippen LogP contribution in [0.15, 0.2) is 0 Å². The lowest BCUT2D eigenvalue weighted by Crippen LogP contribution is -2.12. The number of nitrogen functional groups attached to an aromatic ring is 1. The monoisotopic (exact) mass is 244 g/mol. The van der Waals surface area contributed by atoms with E-state index in [9.17, 15) is 0 Å². The first kappa shape index (κ1) is 12.8. The summed E-state index contributed by atoms with van der Waals surface area (Å²) in [7, 11) is 0. The molecule has 0 saturated carbocycles. The summed E-state index contributed by atoms with van der Waals surface area (Å²) in [5.41, 5.74) is 5.56. The molecule has 1 aromatic rings. The molecule has 0 fully saturated rings. The summed E-state index contributed by atoms with van der Waals surface area (Å²) in [5.74, 6) is 1.48. The van der Waals surface area contributed by atoms with E-state index in [1.807, 2.05) is 6.92 Å². The Morgan fingerprint density at radius 2 is 2.12 bits per heavy atom. The Hall–Kier alpha value is -1.23. The van der Waals surface area contributed by atoms with E-state index in [0.29, 0.717) is 29.2 Å².